The topological polar surface area (TPSA) is 21.7 Å². The van der Waals surface area contributed by atoms with Crippen LogP contribution in [0.4, 0.5) is 17.1 Å². The Hall–Kier alpha value is -8.40. The Balaban J connectivity index is 1.07. The minimum atomic E-state index is -0.610. The largest absolute Gasteiger partial charge is 0.457 e. The van der Waals surface area contributed by atoms with E-state index >= 15 is 0 Å². The van der Waals surface area contributed by atoms with Gasteiger partial charge >= 0.3 is 0 Å². The molecule has 0 fully saturated rings. The molecule has 0 N–H and O–H groups in total. The van der Waals surface area contributed by atoms with Gasteiger partial charge in [0.05, 0.1) is 16.5 Å². The van der Waals surface area contributed by atoms with Crippen molar-refractivity contribution in [2.45, 2.75) is 10.8 Å². The zero-order valence-corrected chi connectivity index (χ0v) is 35.3. The van der Waals surface area contributed by atoms with Crippen LogP contribution >= 0.6 is 0 Å². The maximum absolute atomic E-state index is 6.73. The maximum Gasteiger partial charge on any atom is 0.132 e. The van der Waals surface area contributed by atoms with Gasteiger partial charge in [-0.2, -0.15) is 0 Å². The lowest BCUT2D eigenvalue weighted by molar-refractivity contribution is 0.436. The van der Waals surface area contributed by atoms with E-state index in [1.807, 2.05) is 0 Å². The van der Waals surface area contributed by atoms with Gasteiger partial charge in [0.25, 0.3) is 0 Å². The van der Waals surface area contributed by atoms with Crippen molar-refractivity contribution >= 4 is 17.1 Å². The molecule has 0 amide bonds. The Morgan fingerprint density at radius 3 is 1.28 bits per heavy atom. The third-order valence-electron chi connectivity index (χ3n) is 14.4. The van der Waals surface area contributed by atoms with Gasteiger partial charge in [-0.1, -0.05) is 182 Å². The van der Waals surface area contributed by atoms with Crippen molar-refractivity contribution in [3.05, 3.63) is 281 Å². The summed E-state index contributed by atoms with van der Waals surface area (Å²) in [5.74, 6) is 3.53. The quantitative estimate of drug-likeness (QED) is 0.176. The molecular formula is C62H39NO2. The first-order chi connectivity index (χ1) is 32.2. The van der Waals surface area contributed by atoms with Crippen LogP contribution in [0.3, 0.4) is 0 Å². The van der Waals surface area contributed by atoms with Gasteiger partial charge in [0.15, 0.2) is 0 Å². The van der Waals surface area contributed by atoms with Crippen LogP contribution in [0.1, 0.15) is 44.5 Å². The molecule has 0 saturated heterocycles. The van der Waals surface area contributed by atoms with Gasteiger partial charge in [-0.05, 0) is 105 Å². The molecule has 0 unspecified atom stereocenters. The smallest absolute Gasteiger partial charge is 0.132 e. The van der Waals surface area contributed by atoms with Gasteiger partial charge in [0, 0.05) is 39.2 Å². The highest BCUT2D eigenvalue weighted by atomic mass is 16.5. The number of anilines is 3. The summed E-state index contributed by atoms with van der Waals surface area (Å²) in [4.78, 5) is 2.49. The molecule has 0 bridgehead atoms. The average molecular weight is 830 g/mol. The van der Waals surface area contributed by atoms with Gasteiger partial charge in [-0.15, -0.1) is 0 Å². The highest BCUT2D eigenvalue weighted by Crippen LogP contribution is 2.66. The van der Waals surface area contributed by atoms with Crippen LogP contribution in [0, 0.1) is 0 Å². The zero-order valence-electron chi connectivity index (χ0n) is 35.3. The Labute approximate surface area is 378 Å². The number of para-hydroxylation sites is 4. The molecule has 0 aromatic heterocycles. The molecule has 0 radical (unpaired) electrons. The normalized spacial score (nSPS) is 14.3. The standard InChI is InChI=1S/C62H39NO2/c1-2-17-40(18-3-1)41-33-35-42(36-34-41)63(43-37-38-45-44-19-4-6-21-47(44)62(54(45)39-43)51-25-10-14-31-58(51)65-59-32-15-11-26-52(59)62)55-28-16-27-53-60(55)46-20-5-7-22-48(46)61(53)49-23-8-12-29-56(49)64-57-30-13-9-24-50(57)61/h1-39H. The number of ether oxygens (including phenoxy) is 2. The van der Waals surface area contributed by atoms with Crippen molar-refractivity contribution in [3.63, 3.8) is 0 Å². The third kappa shape index (κ3) is 4.79. The number of hydrogen-bond donors (Lipinski definition) is 0. The summed E-state index contributed by atoms with van der Waals surface area (Å²) in [6, 6.07) is 86.1. The second-order valence-corrected chi connectivity index (χ2v) is 17.5. The Morgan fingerprint density at radius 2 is 0.692 bits per heavy atom. The summed E-state index contributed by atoms with van der Waals surface area (Å²) < 4.78 is 13.4. The van der Waals surface area contributed by atoms with E-state index in [4.69, 9.17) is 9.47 Å². The van der Waals surface area contributed by atoms with Gasteiger partial charge in [0.1, 0.15) is 23.0 Å². The van der Waals surface area contributed by atoms with Gasteiger partial charge in [-0.25, -0.2) is 0 Å². The fraction of sp³-hybridized carbons (Fsp3) is 0.0323. The summed E-state index contributed by atoms with van der Waals surface area (Å²) in [6.45, 7) is 0. The second-order valence-electron chi connectivity index (χ2n) is 17.5. The van der Waals surface area contributed by atoms with E-state index in [0.717, 1.165) is 62.3 Å². The van der Waals surface area contributed by atoms with Crippen LogP contribution in [0.5, 0.6) is 23.0 Å². The Bertz CT molecular complexity index is 3480. The van der Waals surface area contributed by atoms with Crippen LogP contribution in [0.25, 0.3) is 33.4 Å². The molecule has 2 aliphatic heterocycles. The summed E-state index contributed by atoms with van der Waals surface area (Å²) in [5.41, 5.74) is 18.9. The number of fused-ring (bicyclic) bond motifs is 18. The number of benzene rings is 10. The fourth-order valence-corrected chi connectivity index (χ4v) is 11.9. The third-order valence-corrected chi connectivity index (χ3v) is 14.4. The molecule has 304 valence electrons. The lowest BCUT2D eigenvalue weighted by Gasteiger charge is -2.40. The van der Waals surface area contributed by atoms with E-state index < -0.39 is 10.8 Å². The Morgan fingerprint density at radius 1 is 0.277 bits per heavy atom. The predicted molar refractivity (Wildman–Crippen MR) is 261 cm³/mol. The predicted octanol–water partition coefficient (Wildman–Crippen LogP) is 15.8. The molecule has 0 saturated carbocycles. The molecular weight excluding hydrogens is 791 g/mol. The van der Waals surface area contributed by atoms with Crippen LogP contribution in [0.2, 0.25) is 0 Å². The summed E-state index contributed by atoms with van der Waals surface area (Å²) >= 11 is 0. The van der Waals surface area contributed by atoms with Crippen LogP contribution < -0.4 is 14.4 Å². The Kier molecular flexibility index (Phi) is 7.53. The van der Waals surface area contributed by atoms with E-state index in [2.05, 4.69) is 241 Å². The molecule has 3 heteroatoms. The van der Waals surface area contributed by atoms with Crippen molar-refractivity contribution < 1.29 is 9.47 Å². The average Bonchev–Trinajstić information content (AvgIpc) is 3.83. The van der Waals surface area contributed by atoms with Crippen molar-refractivity contribution in [2.24, 2.45) is 0 Å². The number of nitrogens with zero attached hydrogens (tertiary/aromatic N) is 1. The molecule has 14 rings (SSSR count). The van der Waals surface area contributed by atoms with E-state index in [0.29, 0.717) is 0 Å². The summed E-state index contributed by atoms with van der Waals surface area (Å²) in [5, 5.41) is 0. The van der Waals surface area contributed by atoms with Crippen molar-refractivity contribution in [1.82, 2.24) is 0 Å². The first kappa shape index (κ1) is 36.1. The highest BCUT2D eigenvalue weighted by molar-refractivity contribution is 5.99. The van der Waals surface area contributed by atoms with E-state index in [-0.39, 0.29) is 0 Å². The van der Waals surface area contributed by atoms with E-state index in [9.17, 15) is 0 Å². The van der Waals surface area contributed by atoms with Gasteiger partial charge in [0.2, 0.25) is 0 Å². The maximum atomic E-state index is 6.73. The lowest BCUT2D eigenvalue weighted by Crippen LogP contribution is -2.32. The van der Waals surface area contributed by atoms with Gasteiger partial charge in [-0.3, -0.25) is 0 Å². The second kappa shape index (κ2) is 13.6. The SMILES string of the molecule is c1ccc(-c2ccc(N(c3ccc4c(c3)C3(c5ccccc5Oc5ccccc53)c3ccccc3-4)c3cccc4c3-c3ccccc3C43c4ccccc4Oc4ccccc43)cc2)cc1. The molecule has 2 aliphatic carbocycles. The summed E-state index contributed by atoms with van der Waals surface area (Å²) in [7, 11) is 0. The molecule has 10 aromatic carbocycles. The number of hydrogen-bond acceptors (Lipinski definition) is 3. The van der Waals surface area contributed by atoms with E-state index in [1.54, 1.807) is 0 Å². The molecule has 0 atom stereocenters. The molecule has 10 aromatic rings. The summed E-state index contributed by atoms with van der Waals surface area (Å²) in [6.07, 6.45) is 0. The van der Waals surface area contributed by atoms with Crippen LogP contribution in [-0.2, 0) is 10.8 Å². The molecule has 2 spiro atoms. The van der Waals surface area contributed by atoms with Crippen molar-refractivity contribution in [2.75, 3.05) is 4.90 Å². The highest BCUT2D eigenvalue weighted by Gasteiger charge is 2.53. The first-order valence-corrected chi connectivity index (χ1v) is 22.4. The molecule has 3 nitrogen and oxygen atoms in total. The molecule has 2 heterocycles. The minimum absolute atomic E-state index is 0.602. The monoisotopic (exact) mass is 829 g/mol. The zero-order chi connectivity index (χ0) is 42.7. The number of rotatable bonds is 4. The van der Waals surface area contributed by atoms with Crippen molar-refractivity contribution in [3.8, 4) is 56.4 Å². The lowest BCUT2D eigenvalue weighted by atomic mass is 9.66. The molecule has 65 heavy (non-hydrogen) atoms. The molecule has 4 aliphatic rings. The van der Waals surface area contributed by atoms with Crippen LogP contribution in [0.15, 0.2) is 237 Å². The van der Waals surface area contributed by atoms with Gasteiger partial charge < -0.3 is 14.4 Å². The first-order valence-electron chi connectivity index (χ1n) is 22.4. The fourth-order valence-electron chi connectivity index (χ4n) is 11.9. The minimum Gasteiger partial charge on any atom is -0.457 e. The van der Waals surface area contributed by atoms with Crippen LogP contribution in [-0.4, -0.2) is 0 Å². The van der Waals surface area contributed by atoms with E-state index in [1.165, 1.54) is 55.6 Å². The van der Waals surface area contributed by atoms with Crippen molar-refractivity contribution in [1.29, 1.82) is 0 Å².